The van der Waals surface area contributed by atoms with Gasteiger partial charge in [-0.05, 0) is 38.1 Å². The summed E-state index contributed by atoms with van der Waals surface area (Å²) in [5.74, 6) is -0.841. The van der Waals surface area contributed by atoms with Gasteiger partial charge in [0.25, 0.3) is 5.91 Å². The van der Waals surface area contributed by atoms with Crippen molar-refractivity contribution in [3.8, 4) is 11.5 Å². The Morgan fingerprint density at radius 2 is 1.83 bits per heavy atom. The highest BCUT2D eigenvalue weighted by Crippen LogP contribution is 2.25. The Bertz CT molecular complexity index is 408. The number of phenols is 2. The van der Waals surface area contributed by atoms with E-state index in [0.717, 1.165) is 19.6 Å². The molecule has 0 aliphatic carbocycles. The van der Waals surface area contributed by atoms with Gasteiger partial charge in [0.2, 0.25) is 0 Å². The average molecular weight is 250 g/mol. The number of nitrogens with zero attached hydrogens (tertiary/aromatic N) is 1. The molecule has 1 amide bonds. The summed E-state index contributed by atoms with van der Waals surface area (Å²) in [5, 5.41) is 21.8. The molecule has 1 aliphatic rings. The zero-order valence-corrected chi connectivity index (χ0v) is 10.2. The molecule has 1 aromatic rings. The van der Waals surface area contributed by atoms with Crippen LogP contribution in [0.25, 0.3) is 0 Å². The first-order valence-electron chi connectivity index (χ1n) is 6.20. The van der Waals surface area contributed by atoms with Crippen molar-refractivity contribution in [2.75, 3.05) is 26.2 Å². The summed E-state index contributed by atoms with van der Waals surface area (Å²) < 4.78 is 0. The second-order valence-corrected chi connectivity index (χ2v) is 4.48. The molecule has 3 N–H and O–H groups in total. The number of nitrogens with one attached hydrogen (secondary N) is 1. The standard InChI is InChI=1S/C13H18N2O3/c16-10-4-3-5-11(17)12(10)13(18)14-6-9-15-7-1-2-8-15/h3-5,16-17H,1-2,6-9H2,(H,14,18). The normalized spacial score (nSPS) is 15.8. The van der Waals surface area contributed by atoms with Crippen molar-refractivity contribution >= 4 is 5.91 Å². The van der Waals surface area contributed by atoms with Crippen molar-refractivity contribution in [2.45, 2.75) is 12.8 Å². The zero-order valence-electron chi connectivity index (χ0n) is 10.2. The lowest BCUT2D eigenvalue weighted by molar-refractivity contribution is 0.0944. The fraction of sp³-hybridized carbons (Fsp3) is 0.462. The Hall–Kier alpha value is -1.75. The van der Waals surface area contributed by atoms with Gasteiger partial charge < -0.3 is 20.4 Å². The van der Waals surface area contributed by atoms with E-state index in [2.05, 4.69) is 10.2 Å². The Kier molecular flexibility index (Phi) is 4.04. The summed E-state index contributed by atoms with van der Waals surface area (Å²) >= 11 is 0. The number of aromatic hydroxyl groups is 2. The third-order valence-electron chi connectivity index (χ3n) is 3.16. The van der Waals surface area contributed by atoms with E-state index in [4.69, 9.17) is 0 Å². The van der Waals surface area contributed by atoms with Crippen molar-refractivity contribution in [3.63, 3.8) is 0 Å². The minimum atomic E-state index is -0.440. The fourth-order valence-corrected chi connectivity index (χ4v) is 2.18. The van der Waals surface area contributed by atoms with E-state index < -0.39 is 5.91 Å². The molecule has 5 heteroatoms. The number of rotatable bonds is 4. The van der Waals surface area contributed by atoms with Gasteiger partial charge in [-0.3, -0.25) is 4.79 Å². The summed E-state index contributed by atoms with van der Waals surface area (Å²) in [6.07, 6.45) is 2.43. The van der Waals surface area contributed by atoms with Gasteiger partial charge in [0.1, 0.15) is 17.1 Å². The second kappa shape index (κ2) is 5.73. The van der Waals surface area contributed by atoms with Crippen LogP contribution in [0, 0.1) is 0 Å². The van der Waals surface area contributed by atoms with Crippen LogP contribution >= 0.6 is 0 Å². The van der Waals surface area contributed by atoms with Gasteiger partial charge in [-0.25, -0.2) is 0 Å². The molecule has 1 aliphatic heterocycles. The molecule has 0 radical (unpaired) electrons. The highest BCUT2D eigenvalue weighted by atomic mass is 16.3. The van der Waals surface area contributed by atoms with Crippen LogP contribution in [0.1, 0.15) is 23.2 Å². The van der Waals surface area contributed by atoms with Crippen molar-refractivity contribution in [3.05, 3.63) is 23.8 Å². The molecule has 0 spiro atoms. The van der Waals surface area contributed by atoms with Crippen molar-refractivity contribution in [1.82, 2.24) is 10.2 Å². The number of phenolic OH excluding ortho intramolecular Hbond substituents is 2. The first kappa shape index (κ1) is 12.7. The number of benzene rings is 1. The third kappa shape index (κ3) is 2.92. The van der Waals surface area contributed by atoms with Gasteiger partial charge >= 0.3 is 0 Å². The molecule has 0 bridgehead atoms. The lowest BCUT2D eigenvalue weighted by Gasteiger charge is -2.15. The van der Waals surface area contributed by atoms with Crippen LogP contribution in [0.4, 0.5) is 0 Å². The fourth-order valence-electron chi connectivity index (χ4n) is 2.18. The SMILES string of the molecule is O=C(NCCN1CCCC1)c1c(O)cccc1O. The maximum Gasteiger partial charge on any atom is 0.258 e. The largest absolute Gasteiger partial charge is 0.507 e. The van der Waals surface area contributed by atoms with E-state index >= 15 is 0 Å². The Labute approximate surface area is 106 Å². The van der Waals surface area contributed by atoms with Crippen molar-refractivity contribution in [2.24, 2.45) is 0 Å². The summed E-state index contributed by atoms with van der Waals surface area (Å²) in [6, 6.07) is 4.26. The number of carbonyl (C=O) groups excluding carboxylic acids is 1. The molecule has 2 rings (SSSR count). The monoisotopic (exact) mass is 250 g/mol. The van der Waals surface area contributed by atoms with E-state index in [1.54, 1.807) is 0 Å². The molecule has 0 unspecified atom stereocenters. The molecule has 0 aromatic heterocycles. The molecule has 0 atom stereocenters. The van der Waals surface area contributed by atoms with E-state index in [0.29, 0.717) is 6.54 Å². The Balaban J connectivity index is 1.87. The van der Waals surface area contributed by atoms with Gasteiger partial charge in [-0.1, -0.05) is 6.07 Å². The summed E-state index contributed by atoms with van der Waals surface area (Å²) in [5.41, 5.74) is -0.0566. The van der Waals surface area contributed by atoms with Gasteiger partial charge in [-0.2, -0.15) is 0 Å². The minimum absolute atomic E-state index is 0.0566. The maximum atomic E-state index is 11.8. The Morgan fingerprint density at radius 3 is 2.44 bits per heavy atom. The first-order valence-corrected chi connectivity index (χ1v) is 6.20. The van der Waals surface area contributed by atoms with E-state index in [1.165, 1.54) is 31.0 Å². The molecule has 1 heterocycles. The molecule has 0 saturated carbocycles. The van der Waals surface area contributed by atoms with E-state index in [9.17, 15) is 15.0 Å². The topological polar surface area (TPSA) is 72.8 Å². The lowest BCUT2D eigenvalue weighted by atomic mass is 10.1. The third-order valence-corrected chi connectivity index (χ3v) is 3.16. The zero-order chi connectivity index (χ0) is 13.0. The van der Waals surface area contributed by atoms with Crippen LogP contribution < -0.4 is 5.32 Å². The van der Waals surface area contributed by atoms with E-state index in [1.807, 2.05) is 0 Å². The van der Waals surface area contributed by atoms with Gasteiger partial charge in [0, 0.05) is 13.1 Å². The highest BCUT2D eigenvalue weighted by Gasteiger charge is 2.16. The van der Waals surface area contributed by atoms with E-state index in [-0.39, 0.29) is 17.1 Å². The summed E-state index contributed by atoms with van der Waals surface area (Å²) in [6.45, 7) is 3.49. The Morgan fingerprint density at radius 1 is 1.22 bits per heavy atom. The smallest absolute Gasteiger partial charge is 0.258 e. The van der Waals surface area contributed by atoms with Crippen LogP contribution in [0.5, 0.6) is 11.5 Å². The molecule has 1 fully saturated rings. The quantitative estimate of drug-likeness (QED) is 0.743. The van der Waals surface area contributed by atoms with Crippen LogP contribution in [-0.2, 0) is 0 Å². The average Bonchev–Trinajstić information content (AvgIpc) is 2.82. The molecular weight excluding hydrogens is 232 g/mol. The lowest BCUT2D eigenvalue weighted by Crippen LogP contribution is -2.33. The van der Waals surface area contributed by atoms with Crippen LogP contribution in [-0.4, -0.2) is 47.2 Å². The minimum Gasteiger partial charge on any atom is -0.507 e. The number of likely N-dealkylation sites (tertiary alicyclic amines) is 1. The molecule has 98 valence electrons. The molecule has 18 heavy (non-hydrogen) atoms. The van der Waals surface area contributed by atoms with Gasteiger partial charge in [-0.15, -0.1) is 0 Å². The number of hydrogen-bond donors (Lipinski definition) is 3. The van der Waals surface area contributed by atoms with Crippen LogP contribution in [0.3, 0.4) is 0 Å². The predicted molar refractivity (Wildman–Crippen MR) is 67.8 cm³/mol. The molecule has 5 nitrogen and oxygen atoms in total. The first-order chi connectivity index (χ1) is 8.68. The van der Waals surface area contributed by atoms with Gasteiger partial charge in [0.05, 0.1) is 0 Å². The highest BCUT2D eigenvalue weighted by molar-refractivity contribution is 5.99. The van der Waals surface area contributed by atoms with Crippen molar-refractivity contribution < 1.29 is 15.0 Å². The number of carbonyl (C=O) groups is 1. The van der Waals surface area contributed by atoms with Crippen LogP contribution in [0.15, 0.2) is 18.2 Å². The predicted octanol–water partition coefficient (Wildman–Crippen LogP) is 0.923. The summed E-state index contributed by atoms with van der Waals surface area (Å²) in [4.78, 5) is 14.1. The summed E-state index contributed by atoms with van der Waals surface area (Å²) in [7, 11) is 0. The maximum absolute atomic E-state index is 11.8. The van der Waals surface area contributed by atoms with Crippen LogP contribution in [0.2, 0.25) is 0 Å². The molecule has 1 aromatic carbocycles. The second-order valence-electron chi connectivity index (χ2n) is 4.48. The molecular formula is C13H18N2O3. The number of amides is 1. The number of hydrogen-bond acceptors (Lipinski definition) is 4. The van der Waals surface area contributed by atoms with Gasteiger partial charge in [0.15, 0.2) is 0 Å². The van der Waals surface area contributed by atoms with Crippen molar-refractivity contribution in [1.29, 1.82) is 0 Å². The molecule has 1 saturated heterocycles.